The maximum Gasteiger partial charge on any atom is 0.268 e. The fourth-order valence-corrected chi connectivity index (χ4v) is 4.25. The van der Waals surface area contributed by atoms with Crippen LogP contribution in [0.15, 0.2) is 72.1 Å². The van der Waals surface area contributed by atoms with Gasteiger partial charge in [0.15, 0.2) is 0 Å². The van der Waals surface area contributed by atoms with Crippen molar-refractivity contribution in [1.82, 2.24) is 9.88 Å². The molecule has 0 bridgehead atoms. The molecule has 0 saturated heterocycles. The summed E-state index contributed by atoms with van der Waals surface area (Å²) in [5, 5.41) is 5.87. The Labute approximate surface area is 167 Å². The van der Waals surface area contributed by atoms with Crippen LogP contribution in [0.4, 0.5) is 0 Å². The minimum absolute atomic E-state index is 0.0691. The Balaban J connectivity index is 1.66. The van der Waals surface area contributed by atoms with E-state index in [2.05, 4.69) is 5.32 Å². The molecular formula is C22H19ClN2OS. The molecule has 0 radical (unpaired) electrons. The third kappa shape index (κ3) is 3.64. The van der Waals surface area contributed by atoms with Gasteiger partial charge in [-0.1, -0.05) is 60.1 Å². The van der Waals surface area contributed by atoms with Gasteiger partial charge in [-0.2, -0.15) is 0 Å². The van der Waals surface area contributed by atoms with Crippen molar-refractivity contribution in [3.05, 3.63) is 94.0 Å². The van der Waals surface area contributed by atoms with Crippen LogP contribution in [0.2, 0.25) is 5.02 Å². The molecule has 0 aliphatic heterocycles. The van der Waals surface area contributed by atoms with Crippen LogP contribution in [0.3, 0.4) is 0 Å². The van der Waals surface area contributed by atoms with E-state index in [-0.39, 0.29) is 11.9 Å². The quantitative estimate of drug-likeness (QED) is 0.449. The van der Waals surface area contributed by atoms with Crippen LogP contribution in [0.1, 0.15) is 34.6 Å². The molecule has 1 unspecified atom stereocenters. The van der Waals surface area contributed by atoms with Gasteiger partial charge in [0.25, 0.3) is 5.91 Å². The molecule has 2 aromatic heterocycles. The van der Waals surface area contributed by atoms with Crippen LogP contribution >= 0.6 is 22.9 Å². The molecule has 1 N–H and O–H groups in total. The second kappa shape index (κ2) is 7.59. The van der Waals surface area contributed by atoms with Crippen LogP contribution in [0, 0.1) is 0 Å². The molecule has 1 atom stereocenters. The maximum atomic E-state index is 13.0. The van der Waals surface area contributed by atoms with E-state index >= 15 is 0 Å². The van der Waals surface area contributed by atoms with Gasteiger partial charge in [-0.3, -0.25) is 4.79 Å². The Morgan fingerprint density at radius 3 is 2.63 bits per heavy atom. The van der Waals surface area contributed by atoms with Crippen molar-refractivity contribution in [2.75, 3.05) is 0 Å². The third-order valence-electron chi connectivity index (χ3n) is 4.69. The van der Waals surface area contributed by atoms with E-state index in [1.54, 1.807) is 11.3 Å². The van der Waals surface area contributed by atoms with E-state index in [4.69, 9.17) is 11.6 Å². The van der Waals surface area contributed by atoms with E-state index in [9.17, 15) is 4.79 Å². The molecule has 0 aliphatic carbocycles. The minimum atomic E-state index is -0.0817. The largest absolute Gasteiger partial charge is 0.344 e. The number of fused-ring (bicyclic) bond motifs is 1. The zero-order chi connectivity index (χ0) is 18.8. The van der Waals surface area contributed by atoms with Crippen LogP contribution < -0.4 is 5.32 Å². The first kappa shape index (κ1) is 17.8. The Kier molecular flexibility index (Phi) is 5.01. The van der Waals surface area contributed by atoms with Gasteiger partial charge in [0, 0.05) is 11.6 Å². The third-order valence-corrected chi connectivity index (χ3v) is 5.91. The van der Waals surface area contributed by atoms with Gasteiger partial charge in [0.1, 0.15) is 5.69 Å². The monoisotopic (exact) mass is 394 g/mol. The molecule has 136 valence electrons. The lowest BCUT2D eigenvalue weighted by Crippen LogP contribution is -2.28. The zero-order valence-electron chi connectivity index (χ0n) is 14.9. The van der Waals surface area contributed by atoms with Crippen molar-refractivity contribution < 1.29 is 4.79 Å². The summed E-state index contributed by atoms with van der Waals surface area (Å²) in [5.41, 5.74) is 3.78. The number of rotatable bonds is 5. The average Bonchev–Trinajstić information content (AvgIpc) is 3.27. The van der Waals surface area contributed by atoms with Crippen molar-refractivity contribution >= 4 is 39.1 Å². The molecule has 2 heterocycles. The summed E-state index contributed by atoms with van der Waals surface area (Å²) in [6, 6.07) is 21.7. The second-order valence-corrected chi connectivity index (χ2v) is 7.84. The number of nitrogens with zero attached hydrogens (tertiary/aromatic N) is 1. The number of benzene rings is 2. The molecule has 1 amide bonds. The summed E-state index contributed by atoms with van der Waals surface area (Å²) in [7, 11) is 0. The van der Waals surface area contributed by atoms with E-state index < -0.39 is 0 Å². The molecule has 4 aromatic rings. The van der Waals surface area contributed by atoms with Crippen molar-refractivity contribution in [3.8, 4) is 0 Å². The number of nitrogens with one attached hydrogen (secondary N) is 1. The molecule has 4 rings (SSSR count). The fraction of sp³-hybridized carbons (Fsp3) is 0.136. The number of halogens is 1. The summed E-state index contributed by atoms with van der Waals surface area (Å²) in [6.07, 6.45) is 0. The minimum Gasteiger partial charge on any atom is -0.344 e. The highest BCUT2D eigenvalue weighted by Crippen LogP contribution is 2.28. The SMILES string of the molecule is CC(NC(=O)c1cc2sccc2n1Cc1ccccc1Cl)c1ccccc1. The number of carbonyl (C=O) groups excluding carboxylic acids is 1. The van der Waals surface area contributed by atoms with Crippen molar-refractivity contribution in [2.45, 2.75) is 19.5 Å². The lowest BCUT2D eigenvalue weighted by Gasteiger charge is -2.16. The summed E-state index contributed by atoms with van der Waals surface area (Å²) in [6.45, 7) is 2.55. The van der Waals surface area contributed by atoms with Gasteiger partial charge in [-0.15, -0.1) is 11.3 Å². The van der Waals surface area contributed by atoms with Gasteiger partial charge in [-0.05, 0) is 41.6 Å². The van der Waals surface area contributed by atoms with Crippen molar-refractivity contribution in [1.29, 1.82) is 0 Å². The predicted octanol–water partition coefficient (Wildman–Crippen LogP) is 5.90. The van der Waals surface area contributed by atoms with Crippen LogP contribution in [0.5, 0.6) is 0 Å². The van der Waals surface area contributed by atoms with E-state index in [0.717, 1.165) is 21.3 Å². The van der Waals surface area contributed by atoms with Gasteiger partial charge in [0.05, 0.1) is 16.3 Å². The average molecular weight is 395 g/mol. The summed E-state index contributed by atoms with van der Waals surface area (Å²) >= 11 is 7.99. The first-order chi connectivity index (χ1) is 13.1. The normalized spacial score (nSPS) is 12.2. The first-order valence-corrected chi connectivity index (χ1v) is 10.0. The van der Waals surface area contributed by atoms with Crippen LogP contribution in [-0.2, 0) is 6.54 Å². The van der Waals surface area contributed by atoms with Crippen molar-refractivity contribution in [2.24, 2.45) is 0 Å². The van der Waals surface area contributed by atoms with Gasteiger partial charge in [0.2, 0.25) is 0 Å². The van der Waals surface area contributed by atoms with E-state index in [1.165, 1.54) is 0 Å². The van der Waals surface area contributed by atoms with Crippen LogP contribution in [-0.4, -0.2) is 10.5 Å². The Hall–Kier alpha value is -2.56. The lowest BCUT2D eigenvalue weighted by atomic mass is 10.1. The smallest absolute Gasteiger partial charge is 0.268 e. The summed E-state index contributed by atoms with van der Waals surface area (Å²) in [5.74, 6) is -0.0817. The molecule has 27 heavy (non-hydrogen) atoms. The Morgan fingerprint density at radius 1 is 1.11 bits per heavy atom. The molecule has 5 heteroatoms. The molecule has 3 nitrogen and oxygen atoms in total. The number of aromatic nitrogens is 1. The van der Waals surface area contributed by atoms with E-state index in [1.807, 2.05) is 83.6 Å². The van der Waals surface area contributed by atoms with Crippen LogP contribution in [0.25, 0.3) is 10.2 Å². The maximum absolute atomic E-state index is 13.0. The molecule has 2 aromatic carbocycles. The topological polar surface area (TPSA) is 34.0 Å². The van der Waals surface area contributed by atoms with Gasteiger partial charge in [-0.25, -0.2) is 0 Å². The summed E-state index contributed by atoms with van der Waals surface area (Å²) in [4.78, 5) is 13.0. The van der Waals surface area contributed by atoms with Crippen molar-refractivity contribution in [3.63, 3.8) is 0 Å². The fourth-order valence-electron chi connectivity index (χ4n) is 3.23. The highest BCUT2D eigenvalue weighted by molar-refractivity contribution is 7.17. The number of hydrogen-bond acceptors (Lipinski definition) is 2. The number of amides is 1. The number of thiophene rings is 1. The van der Waals surface area contributed by atoms with Gasteiger partial charge >= 0.3 is 0 Å². The second-order valence-electron chi connectivity index (χ2n) is 6.48. The first-order valence-electron chi connectivity index (χ1n) is 8.79. The Bertz CT molecular complexity index is 1080. The van der Waals surface area contributed by atoms with E-state index in [0.29, 0.717) is 17.3 Å². The highest BCUT2D eigenvalue weighted by Gasteiger charge is 2.19. The lowest BCUT2D eigenvalue weighted by molar-refractivity contribution is 0.0931. The number of carbonyl (C=O) groups is 1. The highest BCUT2D eigenvalue weighted by atomic mass is 35.5. The number of hydrogen-bond donors (Lipinski definition) is 1. The zero-order valence-corrected chi connectivity index (χ0v) is 16.4. The molecule has 0 aliphatic rings. The molecule has 0 saturated carbocycles. The molecule has 0 spiro atoms. The molecule has 0 fully saturated rings. The predicted molar refractivity (Wildman–Crippen MR) is 113 cm³/mol. The van der Waals surface area contributed by atoms with Gasteiger partial charge < -0.3 is 9.88 Å². The Morgan fingerprint density at radius 2 is 1.85 bits per heavy atom. The summed E-state index contributed by atoms with van der Waals surface area (Å²) < 4.78 is 3.14. The molecular weight excluding hydrogens is 376 g/mol. The standard InChI is InChI=1S/C22H19ClN2OS/c1-15(16-7-3-2-4-8-16)24-22(26)20-13-21-19(11-12-27-21)25(20)14-17-9-5-6-10-18(17)23/h2-13,15H,14H2,1H3,(H,24,26).